The third-order valence-corrected chi connectivity index (χ3v) is 3.07. The van der Waals surface area contributed by atoms with Crippen LogP contribution in [0.5, 0.6) is 0 Å². The molecular weight excluding hydrogens is 226 g/mol. The molecule has 2 rings (SSSR count). The minimum atomic E-state index is 0.0299. The number of ether oxygens (including phenoxy) is 1. The van der Waals surface area contributed by atoms with Crippen molar-refractivity contribution in [3.8, 4) is 0 Å². The second-order valence-electron chi connectivity index (χ2n) is 4.76. The summed E-state index contributed by atoms with van der Waals surface area (Å²) in [5.74, 6) is 0.134. The molecule has 0 aliphatic heterocycles. The minimum Gasteiger partial charge on any atom is -0.375 e. The van der Waals surface area contributed by atoms with Crippen molar-refractivity contribution in [2.75, 3.05) is 19.8 Å². The van der Waals surface area contributed by atoms with Crippen LogP contribution >= 0.6 is 0 Å². The van der Waals surface area contributed by atoms with Crippen LogP contribution in [0, 0.1) is 0 Å². The lowest BCUT2D eigenvalue weighted by Gasteiger charge is -2.28. The number of rotatable bonds is 6. The molecule has 1 unspecified atom stereocenters. The van der Waals surface area contributed by atoms with Crippen LogP contribution in [-0.4, -0.2) is 25.7 Å². The third-order valence-electron chi connectivity index (χ3n) is 3.07. The quantitative estimate of drug-likeness (QED) is 0.615. The van der Waals surface area contributed by atoms with E-state index in [1.54, 1.807) is 0 Å². The molecule has 0 radical (unpaired) electrons. The van der Waals surface area contributed by atoms with Gasteiger partial charge in [-0.05, 0) is 24.5 Å². The molecule has 0 saturated carbocycles. The number of nitrogens with one attached hydrogen (secondary N) is 1. The molecule has 0 fully saturated rings. The van der Waals surface area contributed by atoms with E-state index in [9.17, 15) is 4.79 Å². The van der Waals surface area contributed by atoms with E-state index >= 15 is 0 Å². The van der Waals surface area contributed by atoms with E-state index in [1.165, 1.54) is 5.56 Å². The molecule has 0 aromatic heterocycles. The van der Waals surface area contributed by atoms with Crippen molar-refractivity contribution in [3.05, 3.63) is 47.5 Å². The lowest BCUT2D eigenvalue weighted by Crippen LogP contribution is -2.37. The highest BCUT2D eigenvalue weighted by molar-refractivity contribution is 5.86. The van der Waals surface area contributed by atoms with Gasteiger partial charge in [-0.1, -0.05) is 36.4 Å². The van der Waals surface area contributed by atoms with Gasteiger partial charge >= 0.3 is 0 Å². The van der Waals surface area contributed by atoms with E-state index < -0.39 is 0 Å². The highest BCUT2D eigenvalue weighted by Gasteiger charge is 2.31. The molecule has 1 aliphatic rings. The molecule has 3 nitrogen and oxygen atoms in total. The Balaban J connectivity index is 1.70. The summed E-state index contributed by atoms with van der Waals surface area (Å²) in [6, 6.07) is 8.10. The maximum absolute atomic E-state index is 11.9. The summed E-state index contributed by atoms with van der Waals surface area (Å²) >= 11 is 0. The molecule has 18 heavy (non-hydrogen) atoms. The van der Waals surface area contributed by atoms with E-state index in [-0.39, 0.29) is 11.8 Å². The van der Waals surface area contributed by atoms with Gasteiger partial charge in [0.05, 0.1) is 19.1 Å². The predicted octanol–water partition coefficient (Wildman–Crippen LogP) is 2.04. The second kappa shape index (κ2) is 5.83. The van der Waals surface area contributed by atoms with E-state index in [2.05, 4.69) is 18.0 Å². The van der Waals surface area contributed by atoms with Crippen molar-refractivity contribution in [3.63, 3.8) is 0 Å². The molecule has 96 valence electrons. The second-order valence-corrected chi connectivity index (χ2v) is 4.76. The van der Waals surface area contributed by atoms with Gasteiger partial charge in [0.1, 0.15) is 0 Å². The smallest absolute Gasteiger partial charge is 0.227 e. The SMILES string of the molecule is C=C(C)COCCNC(=O)C1Cc2ccccc21. The number of carbonyl (C=O) groups is 1. The van der Waals surface area contributed by atoms with Gasteiger partial charge in [0.2, 0.25) is 5.91 Å². The summed E-state index contributed by atoms with van der Waals surface area (Å²) in [7, 11) is 0. The van der Waals surface area contributed by atoms with Crippen LogP contribution in [0.3, 0.4) is 0 Å². The number of benzene rings is 1. The summed E-state index contributed by atoms with van der Waals surface area (Å²) in [6.07, 6.45) is 0.856. The molecule has 0 bridgehead atoms. The zero-order chi connectivity index (χ0) is 13.0. The Labute approximate surface area is 108 Å². The van der Waals surface area contributed by atoms with Crippen molar-refractivity contribution in [2.24, 2.45) is 0 Å². The highest BCUT2D eigenvalue weighted by Crippen LogP contribution is 2.34. The molecule has 1 aromatic carbocycles. The Bertz CT molecular complexity index is 454. The third kappa shape index (κ3) is 2.99. The largest absolute Gasteiger partial charge is 0.375 e. The predicted molar refractivity (Wildman–Crippen MR) is 71.5 cm³/mol. The van der Waals surface area contributed by atoms with Gasteiger partial charge in [-0.2, -0.15) is 0 Å². The van der Waals surface area contributed by atoms with Gasteiger partial charge in [0.25, 0.3) is 0 Å². The van der Waals surface area contributed by atoms with E-state index in [1.807, 2.05) is 25.1 Å². The van der Waals surface area contributed by atoms with Crippen molar-refractivity contribution in [1.29, 1.82) is 0 Å². The number of hydrogen-bond acceptors (Lipinski definition) is 2. The van der Waals surface area contributed by atoms with Crippen molar-refractivity contribution >= 4 is 5.91 Å². The average Bonchev–Trinajstić information content (AvgIpc) is 2.30. The Hall–Kier alpha value is -1.61. The summed E-state index contributed by atoms with van der Waals surface area (Å²) in [5, 5.41) is 2.91. The fraction of sp³-hybridized carbons (Fsp3) is 0.400. The zero-order valence-corrected chi connectivity index (χ0v) is 10.7. The number of carbonyl (C=O) groups excluding carboxylic acids is 1. The van der Waals surface area contributed by atoms with Crippen LogP contribution in [0.1, 0.15) is 24.0 Å². The standard InChI is InChI=1S/C15H19NO2/c1-11(2)10-18-8-7-16-15(17)14-9-12-5-3-4-6-13(12)14/h3-6,14H,1,7-10H2,2H3,(H,16,17). The van der Waals surface area contributed by atoms with Crippen LogP contribution in [0.25, 0.3) is 0 Å². The summed E-state index contributed by atoms with van der Waals surface area (Å²) in [4.78, 5) is 11.9. The molecule has 0 spiro atoms. The van der Waals surface area contributed by atoms with Gasteiger partial charge < -0.3 is 10.1 Å². The molecule has 1 atom stereocenters. The van der Waals surface area contributed by atoms with Crippen LogP contribution in [0.2, 0.25) is 0 Å². The average molecular weight is 245 g/mol. The monoisotopic (exact) mass is 245 g/mol. The van der Waals surface area contributed by atoms with Crippen LogP contribution < -0.4 is 5.32 Å². The topological polar surface area (TPSA) is 38.3 Å². The maximum Gasteiger partial charge on any atom is 0.227 e. The van der Waals surface area contributed by atoms with E-state index in [0.29, 0.717) is 19.8 Å². The molecule has 1 amide bonds. The van der Waals surface area contributed by atoms with Gasteiger partial charge in [0.15, 0.2) is 0 Å². The lowest BCUT2D eigenvalue weighted by atomic mass is 9.77. The van der Waals surface area contributed by atoms with Crippen molar-refractivity contribution in [2.45, 2.75) is 19.3 Å². The molecule has 1 N–H and O–H groups in total. The molecular formula is C15H19NO2. The number of hydrogen-bond donors (Lipinski definition) is 1. The molecule has 3 heteroatoms. The minimum absolute atomic E-state index is 0.0299. The highest BCUT2D eigenvalue weighted by atomic mass is 16.5. The normalized spacial score (nSPS) is 16.6. The summed E-state index contributed by atoms with van der Waals surface area (Å²) < 4.78 is 5.33. The molecule has 1 aliphatic carbocycles. The van der Waals surface area contributed by atoms with Crippen LogP contribution in [0.4, 0.5) is 0 Å². The maximum atomic E-state index is 11.9. The van der Waals surface area contributed by atoms with Crippen LogP contribution in [-0.2, 0) is 16.0 Å². The molecule has 0 saturated heterocycles. The van der Waals surface area contributed by atoms with E-state index in [0.717, 1.165) is 17.6 Å². The Morgan fingerprint density at radius 3 is 3.00 bits per heavy atom. The molecule has 1 aromatic rings. The first-order valence-corrected chi connectivity index (χ1v) is 6.26. The first-order chi connectivity index (χ1) is 8.68. The summed E-state index contributed by atoms with van der Waals surface area (Å²) in [5.41, 5.74) is 3.45. The first kappa shape index (κ1) is 12.8. The summed E-state index contributed by atoms with van der Waals surface area (Å²) in [6.45, 7) is 7.32. The molecule has 0 heterocycles. The zero-order valence-electron chi connectivity index (χ0n) is 10.7. The van der Waals surface area contributed by atoms with Gasteiger partial charge in [-0.25, -0.2) is 0 Å². The van der Waals surface area contributed by atoms with Gasteiger partial charge in [-0.3, -0.25) is 4.79 Å². The Kier molecular flexibility index (Phi) is 4.15. The fourth-order valence-corrected chi connectivity index (χ4v) is 2.11. The van der Waals surface area contributed by atoms with Gasteiger partial charge in [0, 0.05) is 6.54 Å². The fourth-order valence-electron chi connectivity index (χ4n) is 2.11. The Morgan fingerprint density at radius 2 is 2.28 bits per heavy atom. The number of fused-ring (bicyclic) bond motifs is 1. The van der Waals surface area contributed by atoms with Gasteiger partial charge in [-0.15, -0.1) is 0 Å². The van der Waals surface area contributed by atoms with Crippen molar-refractivity contribution in [1.82, 2.24) is 5.32 Å². The Morgan fingerprint density at radius 1 is 1.50 bits per heavy atom. The lowest BCUT2D eigenvalue weighted by molar-refractivity contribution is -0.123. The van der Waals surface area contributed by atoms with E-state index in [4.69, 9.17) is 4.74 Å². The van der Waals surface area contributed by atoms with Crippen molar-refractivity contribution < 1.29 is 9.53 Å². The number of amides is 1. The van der Waals surface area contributed by atoms with Crippen LogP contribution in [0.15, 0.2) is 36.4 Å². The first-order valence-electron chi connectivity index (χ1n) is 6.26.